The number of rotatable bonds is 1. The maximum Gasteiger partial charge on any atom is 0.224 e. The van der Waals surface area contributed by atoms with Crippen LogP contribution in [0.1, 0.15) is 51.9 Å². The maximum atomic E-state index is 12.2. The Balaban J connectivity index is 1.96. The van der Waals surface area contributed by atoms with Crippen LogP contribution in [0.15, 0.2) is 0 Å². The van der Waals surface area contributed by atoms with E-state index in [9.17, 15) is 4.79 Å². The van der Waals surface area contributed by atoms with Crippen LogP contribution in [-0.2, 0) is 4.79 Å². The van der Waals surface area contributed by atoms with Gasteiger partial charge in [-0.3, -0.25) is 4.79 Å². The Morgan fingerprint density at radius 3 is 2.69 bits per heavy atom. The van der Waals surface area contributed by atoms with Gasteiger partial charge in [-0.15, -0.1) is 0 Å². The number of nitrogens with one attached hydrogen (secondary N) is 1. The molecule has 2 fully saturated rings. The molecule has 0 aromatic heterocycles. The molecule has 1 atom stereocenters. The van der Waals surface area contributed by atoms with E-state index in [2.05, 4.69) is 17.1 Å². The van der Waals surface area contributed by atoms with Gasteiger partial charge in [-0.2, -0.15) is 0 Å². The van der Waals surface area contributed by atoms with Crippen molar-refractivity contribution in [3.05, 3.63) is 0 Å². The second-order valence-electron chi connectivity index (χ2n) is 5.29. The summed E-state index contributed by atoms with van der Waals surface area (Å²) in [6.45, 7) is 4.13. The molecule has 92 valence electrons. The molecular formula is C13H24N2O. The third kappa shape index (κ3) is 2.97. The molecule has 1 heterocycles. The standard InChI is InChI=1S/C13H24N2O/c1-11-10-13(16)15(9-5-8-14-11)12-6-3-2-4-7-12/h11-12,14H,2-10H2,1H3. The van der Waals surface area contributed by atoms with Crippen molar-refractivity contribution in [3.63, 3.8) is 0 Å². The fraction of sp³-hybridized carbons (Fsp3) is 0.923. The van der Waals surface area contributed by atoms with E-state index < -0.39 is 0 Å². The monoisotopic (exact) mass is 224 g/mol. The predicted molar refractivity (Wildman–Crippen MR) is 65.3 cm³/mol. The van der Waals surface area contributed by atoms with Gasteiger partial charge in [0.25, 0.3) is 0 Å². The zero-order valence-electron chi connectivity index (χ0n) is 10.4. The normalized spacial score (nSPS) is 29.9. The summed E-state index contributed by atoms with van der Waals surface area (Å²) in [5.74, 6) is 0.367. The average Bonchev–Trinajstić information content (AvgIpc) is 2.27. The van der Waals surface area contributed by atoms with Gasteiger partial charge in [0.2, 0.25) is 5.91 Å². The highest BCUT2D eigenvalue weighted by Gasteiger charge is 2.26. The van der Waals surface area contributed by atoms with E-state index in [1.54, 1.807) is 0 Å². The molecule has 3 heteroatoms. The van der Waals surface area contributed by atoms with Crippen LogP contribution in [0.2, 0.25) is 0 Å². The fourth-order valence-electron chi connectivity index (χ4n) is 2.95. The van der Waals surface area contributed by atoms with Crippen LogP contribution in [0.5, 0.6) is 0 Å². The topological polar surface area (TPSA) is 32.3 Å². The molecule has 0 radical (unpaired) electrons. The number of carbonyl (C=O) groups excluding carboxylic acids is 1. The summed E-state index contributed by atoms with van der Waals surface area (Å²) in [4.78, 5) is 14.3. The molecule has 1 unspecified atom stereocenters. The summed E-state index contributed by atoms with van der Waals surface area (Å²) in [5.41, 5.74) is 0. The first kappa shape index (κ1) is 11.9. The van der Waals surface area contributed by atoms with Crippen LogP contribution in [0.4, 0.5) is 0 Å². The molecule has 1 saturated heterocycles. The van der Waals surface area contributed by atoms with Gasteiger partial charge in [-0.1, -0.05) is 19.3 Å². The zero-order valence-corrected chi connectivity index (χ0v) is 10.4. The number of hydrogen-bond donors (Lipinski definition) is 1. The number of hydrogen-bond acceptors (Lipinski definition) is 2. The second kappa shape index (κ2) is 5.67. The van der Waals surface area contributed by atoms with Crippen LogP contribution < -0.4 is 5.32 Å². The third-order valence-electron chi connectivity index (χ3n) is 3.89. The molecule has 1 aliphatic heterocycles. The van der Waals surface area contributed by atoms with Crippen molar-refractivity contribution in [3.8, 4) is 0 Å². The molecule has 0 aromatic carbocycles. The predicted octanol–water partition coefficient (Wildman–Crippen LogP) is 1.92. The van der Waals surface area contributed by atoms with Crippen LogP contribution >= 0.6 is 0 Å². The zero-order chi connectivity index (χ0) is 11.4. The van der Waals surface area contributed by atoms with E-state index in [4.69, 9.17) is 0 Å². The van der Waals surface area contributed by atoms with Crippen LogP contribution in [0, 0.1) is 0 Å². The van der Waals surface area contributed by atoms with Gasteiger partial charge < -0.3 is 10.2 Å². The molecule has 16 heavy (non-hydrogen) atoms. The van der Waals surface area contributed by atoms with Gasteiger partial charge in [0.05, 0.1) is 0 Å². The molecule has 2 rings (SSSR count). The van der Waals surface area contributed by atoms with Crippen molar-refractivity contribution in [2.45, 2.75) is 64.0 Å². The lowest BCUT2D eigenvalue weighted by Gasteiger charge is -2.36. The van der Waals surface area contributed by atoms with Gasteiger partial charge in [-0.25, -0.2) is 0 Å². The van der Waals surface area contributed by atoms with Crippen molar-refractivity contribution in [1.29, 1.82) is 0 Å². The van der Waals surface area contributed by atoms with Crippen molar-refractivity contribution in [2.75, 3.05) is 13.1 Å². The van der Waals surface area contributed by atoms with Gasteiger partial charge in [0.1, 0.15) is 0 Å². The SMILES string of the molecule is CC1CC(=O)N(C2CCCCC2)CCCN1. The van der Waals surface area contributed by atoms with E-state index >= 15 is 0 Å². The minimum atomic E-state index is 0.346. The van der Waals surface area contributed by atoms with Crippen LogP contribution in [0.3, 0.4) is 0 Å². The van der Waals surface area contributed by atoms with E-state index in [0.717, 1.165) is 19.5 Å². The quantitative estimate of drug-likeness (QED) is 0.738. The first-order valence-corrected chi connectivity index (χ1v) is 6.80. The first-order chi connectivity index (χ1) is 7.77. The smallest absolute Gasteiger partial charge is 0.224 e. The van der Waals surface area contributed by atoms with Gasteiger partial charge in [0.15, 0.2) is 0 Å². The van der Waals surface area contributed by atoms with E-state index in [1.165, 1.54) is 32.1 Å². The molecule has 0 aromatic rings. The minimum Gasteiger partial charge on any atom is -0.340 e. The van der Waals surface area contributed by atoms with Crippen molar-refractivity contribution in [1.82, 2.24) is 10.2 Å². The summed E-state index contributed by atoms with van der Waals surface area (Å²) in [6, 6.07) is 0.894. The molecule has 0 spiro atoms. The lowest BCUT2D eigenvalue weighted by Crippen LogP contribution is -2.47. The lowest BCUT2D eigenvalue weighted by molar-refractivity contribution is -0.135. The number of amides is 1. The second-order valence-corrected chi connectivity index (χ2v) is 5.29. The third-order valence-corrected chi connectivity index (χ3v) is 3.89. The summed E-state index contributed by atoms with van der Waals surface area (Å²) >= 11 is 0. The molecule has 1 N–H and O–H groups in total. The Kier molecular flexibility index (Phi) is 4.22. The average molecular weight is 224 g/mol. The van der Waals surface area contributed by atoms with Gasteiger partial charge >= 0.3 is 0 Å². The van der Waals surface area contributed by atoms with E-state index in [-0.39, 0.29) is 0 Å². The number of nitrogens with zero attached hydrogens (tertiary/aromatic N) is 1. The van der Waals surface area contributed by atoms with Crippen LogP contribution in [0.25, 0.3) is 0 Å². The van der Waals surface area contributed by atoms with Crippen molar-refractivity contribution < 1.29 is 4.79 Å². The Morgan fingerprint density at radius 2 is 1.94 bits per heavy atom. The van der Waals surface area contributed by atoms with Crippen LogP contribution in [-0.4, -0.2) is 36.0 Å². The van der Waals surface area contributed by atoms with Gasteiger partial charge in [-0.05, 0) is 32.7 Å². The Hall–Kier alpha value is -0.570. The highest BCUT2D eigenvalue weighted by atomic mass is 16.2. The molecule has 3 nitrogen and oxygen atoms in total. The molecular weight excluding hydrogens is 200 g/mol. The van der Waals surface area contributed by atoms with Gasteiger partial charge in [0, 0.05) is 25.0 Å². The molecule has 1 aliphatic carbocycles. The molecule has 1 amide bonds. The molecule has 1 saturated carbocycles. The largest absolute Gasteiger partial charge is 0.340 e. The van der Waals surface area contributed by atoms with Crippen molar-refractivity contribution in [2.24, 2.45) is 0 Å². The molecule has 2 aliphatic rings. The summed E-state index contributed by atoms with van der Waals surface area (Å²) in [5, 5.41) is 3.39. The number of carbonyl (C=O) groups is 1. The Labute approximate surface area is 98.6 Å². The summed E-state index contributed by atoms with van der Waals surface area (Å²) in [6.07, 6.45) is 8.21. The summed E-state index contributed by atoms with van der Waals surface area (Å²) < 4.78 is 0. The highest BCUT2D eigenvalue weighted by Crippen LogP contribution is 2.24. The molecule has 0 bridgehead atoms. The maximum absolute atomic E-state index is 12.2. The van der Waals surface area contributed by atoms with E-state index in [1.807, 2.05) is 0 Å². The Bertz CT molecular complexity index is 236. The fourth-order valence-corrected chi connectivity index (χ4v) is 2.95. The first-order valence-electron chi connectivity index (χ1n) is 6.80. The Morgan fingerprint density at radius 1 is 1.19 bits per heavy atom. The summed E-state index contributed by atoms with van der Waals surface area (Å²) in [7, 11) is 0. The highest BCUT2D eigenvalue weighted by molar-refractivity contribution is 5.77. The van der Waals surface area contributed by atoms with Crippen molar-refractivity contribution >= 4 is 5.91 Å². The van der Waals surface area contributed by atoms with E-state index in [0.29, 0.717) is 24.4 Å². The lowest BCUT2D eigenvalue weighted by atomic mass is 9.93. The minimum absolute atomic E-state index is 0.346.